The summed E-state index contributed by atoms with van der Waals surface area (Å²) in [5, 5.41) is 9.75. The van der Waals surface area contributed by atoms with Crippen LogP contribution in [0.1, 0.15) is 10.4 Å². The number of carbonyl (C=O) groups excluding carboxylic acids is 2. The van der Waals surface area contributed by atoms with Gasteiger partial charge in [0.2, 0.25) is 5.91 Å². The van der Waals surface area contributed by atoms with Crippen molar-refractivity contribution in [3.8, 4) is 11.3 Å². The molecule has 0 spiro atoms. The first kappa shape index (κ1) is 20.7. The van der Waals surface area contributed by atoms with Crippen LogP contribution in [-0.2, 0) is 11.3 Å². The predicted molar refractivity (Wildman–Crippen MR) is 123 cm³/mol. The Labute approximate surface area is 184 Å². The van der Waals surface area contributed by atoms with Crippen LogP contribution in [0.25, 0.3) is 11.3 Å². The molecule has 1 aromatic heterocycles. The monoisotopic (exact) mass is 424 g/mol. The van der Waals surface area contributed by atoms with Gasteiger partial charge >= 0.3 is 0 Å². The minimum atomic E-state index is -0.572. The van der Waals surface area contributed by atoms with Crippen molar-refractivity contribution < 1.29 is 9.59 Å². The fourth-order valence-corrected chi connectivity index (χ4v) is 3.13. The van der Waals surface area contributed by atoms with Crippen LogP contribution < -0.4 is 16.2 Å². The fourth-order valence-electron chi connectivity index (χ4n) is 3.13. The van der Waals surface area contributed by atoms with E-state index in [-0.39, 0.29) is 12.2 Å². The van der Waals surface area contributed by atoms with Gasteiger partial charge in [0.15, 0.2) is 0 Å². The predicted octanol–water partition coefficient (Wildman–Crippen LogP) is 3.80. The van der Waals surface area contributed by atoms with Crippen molar-refractivity contribution in [1.82, 2.24) is 9.78 Å². The molecular weight excluding hydrogens is 404 g/mol. The second-order valence-electron chi connectivity index (χ2n) is 7.01. The third kappa shape index (κ3) is 4.96. The molecule has 0 saturated heterocycles. The summed E-state index contributed by atoms with van der Waals surface area (Å²) < 4.78 is 1.06. The van der Waals surface area contributed by atoms with Gasteiger partial charge in [-0.05, 0) is 30.3 Å². The molecule has 2 amide bonds. The van der Waals surface area contributed by atoms with Gasteiger partial charge in [-0.3, -0.25) is 14.4 Å². The molecule has 4 rings (SSSR count). The number of anilines is 2. The Bertz CT molecular complexity index is 1290. The maximum absolute atomic E-state index is 13.0. The maximum atomic E-state index is 13.0. The number of carbonyl (C=O) groups is 2. The van der Waals surface area contributed by atoms with Crippen LogP contribution >= 0.6 is 0 Å². The summed E-state index contributed by atoms with van der Waals surface area (Å²) in [5.74, 6) is -0.829. The molecule has 2 N–H and O–H groups in total. The van der Waals surface area contributed by atoms with Gasteiger partial charge < -0.3 is 10.6 Å². The summed E-state index contributed by atoms with van der Waals surface area (Å²) >= 11 is 0. The molecule has 158 valence electrons. The minimum absolute atomic E-state index is 0.0419. The van der Waals surface area contributed by atoms with E-state index in [4.69, 9.17) is 0 Å². The topological polar surface area (TPSA) is 93.1 Å². The Morgan fingerprint density at radius 1 is 0.781 bits per heavy atom. The standard InChI is InChI=1S/C25H20N4O3/c30-23(26-20-14-8-3-9-15-20)17-29-25(32)22(27-24(31)19-12-6-2-7-13-19)16-21(28-29)18-10-4-1-5-11-18/h1-16H,17H2,(H,26,30)(H,27,31). The average Bonchev–Trinajstić information content (AvgIpc) is 2.83. The molecule has 1 heterocycles. The van der Waals surface area contributed by atoms with Crippen molar-refractivity contribution in [1.29, 1.82) is 0 Å². The van der Waals surface area contributed by atoms with Crippen LogP contribution in [0.3, 0.4) is 0 Å². The van der Waals surface area contributed by atoms with Crippen molar-refractivity contribution in [2.45, 2.75) is 6.54 Å². The van der Waals surface area contributed by atoms with Gasteiger partial charge in [-0.15, -0.1) is 0 Å². The number of nitrogens with zero attached hydrogens (tertiary/aromatic N) is 2. The minimum Gasteiger partial charge on any atom is -0.324 e. The number of hydrogen-bond donors (Lipinski definition) is 2. The Hall–Kier alpha value is -4.52. The molecule has 7 nitrogen and oxygen atoms in total. The lowest BCUT2D eigenvalue weighted by Crippen LogP contribution is -2.32. The van der Waals surface area contributed by atoms with Crippen LogP contribution in [0.4, 0.5) is 11.4 Å². The summed E-state index contributed by atoms with van der Waals surface area (Å²) in [4.78, 5) is 38.2. The second-order valence-corrected chi connectivity index (χ2v) is 7.01. The highest BCUT2D eigenvalue weighted by molar-refractivity contribution is 6.04. The summed E-state index contributed by atoms with van der Waals surface area (Å²) in [7, 11) is 0. The van der Waals surface area contributed by atoms with Crippen LogP contribution in [-0.4, -0.2) is 21.6 Å². The summed E-state index contributed by atoms with van der Waals surface area (Å²) in [5.41, 5.74) is 1.71. The number of hydrogen-bond acceptors (Lipinski definition) is 4. The van der Waals surface area contributed by atoms with Crippen molar-refractivity contribution in [3.63, 3.8) is 0 Å². The van der Waals surface area contributed by atoms with Crippen LogP contribution in [0.2, 0.25) is 0 Å². The zero-order valence-electron chi connectivity index (χ0n) is 17.1. The van der Waals surface area contributed by atoms with Crippen molar-refractivity contribution in [2.24, 2.45) is 0 Å². The summed E-state index contributed by atoms with van der Waals surface area (Å²) in [6.45, 7) is -0.303. The number of rotatable bonds is 6. The van der Waals surface area contributed by atoms with E-state index in [1.54, 1.807) is 54.6 Å². The largest absolute Gasteiger partial charge is 0.324 e. The zero-order valence-corrected chi connectivity index (χ0v) is 17.1. The van der Waals surface area contributed by atoms with Gasteiger partial charge in [-0.2, -0.15) is 5.10 Å². The molecule has 0 saturated carbocycles. The summed E-state index contributed by atoms with van der Waals surface area (Å²) in [6, 6.07) is 28.3. The van der Waals surface area contributed by atoms with E-state index in [1.807, 2.05) is 36.4 Å². The van der Waals surface area contributed by atoms with E-state index >= 15 is 0 Å². The van der Waals surface area contributed by atoms with E-state index in [9.17, 15) is 14.4 Å². The Morgan fingerprint density at radius 3 is 2.03 bits per heavy atom. The fraction of sp³-hybridized carbons (Fsp3) is 0.0400. The Balaban J connectivity index is 1.67. The van der Waals surface area contributed by atoms with Gasteiger partial charge in [0, 0.05) is 16.8 Å². The zero-order chi connectivity index (χ0) is 22.3. The van der Waals surface area contributed by atoms with Gasteiger partial charge in [-0.1, -0.05) is 66.7 Å². The first-order valence-electron chi connectivity index (χ1n) is 9.99. The highest BCUT2D eigenvalue weighted by Gasteiger charge is 2.15. The highest BCUT2D eigenvalue weighted by Crippen LogP contribution is 2.18. The smallest absolute Gasteiger partial charge is 0.291 e. The van der Waals surface area contributed by atoms with E-state index < -0.39 is 17.4 Å². The molecular formula is C25H20N4O3. The van der Waals surface area contributed by atoms with Gasteiger partial charge in [0.05, 0.1) is 5.69 Å². The number of nitrogens with one attached hydrogen (secondary N) is 2. The number of aromatic nitrogens is 2. The lowest BCUT2D eigenvalue weighted by atomic mass is 10.1. The van der Waals surface area contributed by atoms with Crippen molar-refractivity contribution in [3.05, 3.63) is 113 Å². The molecule has 32 heavy (non-hydrogen) atoms. The lowest BCUT2D eigenvalue weighted by Gasteiger charge is -2.12. The lowest BCUT2D eigenvalue weighted by molar-refractivity contribution is -0.117. The molecule has 7 heteroatoms. The van der Waals surface area contributed by atoms with Gasteiger partial charge in [0.25, 0.3) is 11.5 Å². The van der Waals surface area contributed by atoms with Gasteiger partial charge in [0.1, 0.15) is 12.2 Å². The van der Waals surface area contributed by atoms with Crippen LogP contribution in [0.15, 0.2) is 102 Å². The Morgan fingerprint density at radius 2 is 1.38 bits per heavy atom. The number of amides is 2. The molecule has 0 aliphatic rings. The van der Waals surface area contributed by atoms with Crippen molar-refractivity contribution in [2.75, 3.05) is 10.6 Å². The maximum Gasteiger partial charge on any atom is 0.291 e. The molecule has 0 bridgehead atoms. The third-order valence-electron chi connectivity index (χ3n) is 4.68. The molecule has 0 radical (unpaired) electrons. The van der Waals surface area contributed by atoms with E-state index in [0.717, 1.165) is 10.2 Å². The highest BCUT2D eigenvalue weighted by atomic mass is 16.2. The number of para-hydroxylation sites is 1. The molecule has 3 aromatic carbocycles. The van der Waals surface area contributed by atoms with Crippen LogP contribution in [0.5, 0.6) is 0 Å². The molecule has 0 atom stereocenters. The average molecular weight is 424 g/mol. The molecule has 4 aromatic rings. The summed E-state index contributed by atoms with van der Waals surface area (Å²) in [6.07, 6.45) is 0. The normalized spacial score (nSPS) is 10.4. The number of benzene rings is 3. The Kier molecular flexibility index (Phi) is 6.17. The molecule has 0 aliphatic carbocycles. The van der Waals surface area contributed by atoms with Crippen LogP contribution in [0, 0.1) is 0 Å². The first-order valence-corrected chi connectivity index (χ1v) is 9.99. The second kappa shape index (κ2) is 9.53. The van der Waals surface area contributed by atoms with Crippen molar-refractivity contribution >= 4 is 23.2 Å². The van der Waals surface area contributed by atoms with E-state index in [0.29, 0.717) is 16.9 Å². The van der Waals surface area contributed by atoms with E-state index in [2.05, 4.69) is 15.7 Å². The quantitative estimate of drug-likeness (QED) is 0.492. The molecule has 0 aliphatic heterocycles. The SMILES string of the molecule is O=C(Cn1nc(-c2ccccc2)cc(NC(=O)c2ccccc2)c1=O)Nc1ccccc1. The third-order valence-corrected chi connectivity index (χ3v) is 4.68. The van der Waals surface area contributed by atoms with Gasteiger partial charge in [-0.25, -0.2) is 4.68 Å². The van der Waals surface area contributed by atoms with E-state index in [1.165, 1.54) is 6.07 Å². The molecule has 0 unspecified atom stereocenters. The first-order chi connectivity index (χ1) is 15.6. The molecule has 0 fully saturated rings.